The summed E-state index contributed by atoms with van der Waals surface area (Å²) < 4.78 is 29.9. The molecule has 1 amide bonds. The molecule has 2 rings (SSSR count). The van der Waals surface area contributed by atoms with E-state index < -0.39 is 10.0 Å². The lowest BCUT2D eigenvalue weighted by molar-refractivity contribution is -0.130. The zero-order chi connectivity index (χ0) is 15.6. The number of furan rings is 1. The van der Waals surface area contributed by atoms with Crippen LogP contribution in [0.3, 0.4) is 0 Å². The Morgan fingerprint density at radius 3 is 2.71 bits per heavy atom. The zero-order valence-corrected chi connectivity index (χ0v) is 13.4. The summed E-state index contributed by atoms with van der Waals surface area (Å²) in [6.45, 7) is 2.71. The Balaban J connectivity index is 1.79. The number of hydrogen-bond donors (Lipinski definition) is 1. The van der Waals surface area contributed by atoms with Gasteiger partial charge in [-0.05, 0) is 24.5 Å². The molecule has 0 aromatic carbocycles. The average Bonchev–Trinajstić information content (AvgIpc) is 2.92. The Morgan fingerprint density at radius 2 is 2.14 bits per heavy atom. The highest BCUT2D eigenvalue weighted by atomic mass is 32.2. The van der Waals surface area contributed by atoms with Crippen LogP contribution in [0.2, 0.25) is 0 Å². The van der Waals surface area contributed by atoms with Gasteiger partial charge in [0.15, 0.2) is 0 Å². The van der Waals surface area contributed by atoms with Crippen LogP contribution in [0.1, 0.15) is 37.2 Å². The number of carbonyl (C=O) groups is 1. The number of hydrogen-bond acceptors (Lipinski definition) is 4. The van der Waals surface area contributed by atoms with Gasteiger partial charge in [0.25, 0.3) is 0 Å². The SMILES string of the molecule is C[C@H]1C[C@@H]1c1ccc(CN(C)C(=O)CCNS(C)(=O)=O)o1. The quantitative estimate of drug-likeness (QED) is 0.822. The minimum Gasteiger partial charge on any atom is -0.464 e. The molecule has 0 saturated heterocycles. The average molecular weight is 314 g/mol. The maximum atomic E-state index is 11.9. The molecule has 2 atom stereocenters. The van der Waals surface area contributed by atoms with Gasteiger partial charge in [-0.25, -0.2) is 13.1 Å². The molecule has 118 valence electrons. The second-order valence-corrected chi connectivity index (χ2v) is 7.62. The molecule has 1 aromatic heterocycles. The Kier molecular flexibility index (Phi) is 4.73. The molecular formula is C14H22N2O4S. The highest BCUT2D eigenvalue weighted by Gasteiger charge is 2.36. The van der Waals surface area contributed by atoms with Crippen molar-refractivity contribution >= 4 is 15.9 Å². The molecule has 6 nitrogen and oxygen atoms in total. The van der Waals surface area contributed by atoms with Crippen molar-refractivity contribution in [1.29, 1.82) is 0 Å². The zero-order valence-electron chi connectivity index (χ0n) is 12.6. The first kappa shape index (κ1) is 16.0. The minimum absolute atomic E-state index is 0.116. The molecular weight excluding hydrogens is 292 g/mol. The Hall–Kier alpha value is -1.34. The Labute approximate surface area is 125 Å². The fraction of sp³-hybridized carbons (Fsp3) is 0.643. The number of carbonyl (C=O) groups excluding carboxylic acids is 1. The number of nitrogens with zero attached hydrogens (tertiary/aromatic N) is 1. The van der Waals surface area contributed by atoms with Crippen molar-refractivity contribution in [1.82, 2.24) is 9.62 Å². The van der Waals surface area contributed by atoms with Gasteiger partial charge in [-0.3, -0.25) is 4.79 Å². The van der Waals surface area contributed by atoms with Crippen molar-refractivity contribution in [3.8, 4) is 0 Å². The molecule has 1 aliphatic rings. The van der Waals surface area contributed by atoms with E-state index in [2.05, 4.69) is 11.6 Å². The third kappa shape index (κ3) is 4.86. The number of amides is 1. The van der Waals surface area contributed by atoms with Gasteiger partial charge in [-0.1, -0.05) is 6.92 Å². The molecule has 1 aromatic rings. The molecule has 1 aliphatic carbocycles. The summed E-state index contributed by atoms with van der Waals surface area (Å²) in [6.07, 6.45) is 2.38. The topological polar surface area (TPSA) is 79.6 Å². The molecule has 0 aliphatic heterocycles. The first-order valence-corrected chi connectivity index (χ1v) is 8.92. The van der Waals surface area contributed by atoms with Crippen LogP contribution in [-0.4, -0.2) is 39.1 Å². The summed E-state index contributed by atoms with van der Waals surface area (Å²) in [5, 5.41) is 0. The minimum atomic E-state index is -3.25. The molecule has 7 heteroatoms. The van der Waals surface area contributed by atoms with Gasteiger partial charge in [-0.2, -0.15) is 0 Å². The fourth-order valence-electron chi connectivity index (χ4n) is 2.25. The van der Waals surface area contributed by atoms with Crippen molar-refractivity contribution in [2.75, 3.05) is 19.8 Å². The first-order valence-electron chi connectivity index (χ1n) is 7.03. The third-order valence-electron chi connectivity index (χ3n) is 3.68. The van der Waals surface area contributed by atoms with Gasteiger partial charge >= 0.3 is 0 Å². The summed E-state index contributed by atoms with van der Waals surface area (Å²) in [7, 11) is -1.56. The van der Waals surface area contributed by atoms with Gasteiger partial charge in [0.1, 0.15) is 11.5 Å². The van der Waals surface area contributed by atoms with Gasteiger partial charge in [0.05, 0.1) is 12.8 Å². The molecule has 21 heavy (non-hydrogen) atoms. The monoisotopic (exact) mass is 314 g/mol. The van der Waals surface area contributed by atoms with Crippen LogP contribution < -0.4 is 4.72 Å². The normalized spacial score (nSPS) is 21.3. The Morgan fingerprint density at radius 1 is 1.48 bits per heavy atom. The number of nitrogens with one attached hydrogen (secondary N) is 1. The van der Waals surface area contributed by atoms with Crippen LogP contribution in [-0.2, 0) is 21.4 Å². The standard InChI is InChI=1S/C14H22N2O4S/c1-10-8-12(10)13-5-4-11(20-13)9-16(2)14(17)6-7-15-21(3,18)19/h4-5,10,12,15H,6-9H2,1-3H3/t10-,12-/m0/s1. The molecule has 0 spiro atoms. The lowest BCUT2D eigenvalue weighted by atomic mass is 10.3. The molecule has 0 unspecified atom stereocenters. The molecule has 1 N–H and O–H groups in total. The third-order valence-corrected chi connectivity index (χ3v) is 4.41. The second kappa shape index (κ2) is 6.19. The van der Waals surface area contributed by atoms with Crippen LogP contribution in [0.15, 0.2) is 16.5 Å². The van der Waals surface area contributed by atoms with E-state index in [1.54, 1.807) is 11.9 Å². The van der Waals surface area contributed by atoms with Crippen molar-refractivity contribution in [2.45, 2.75) is 32.2 Å². The van der Waals surface area contributed by atoms with Crippen molar-refractivity contribution < 1.29 is 17.6 Å². The molecule has 0 bridgehead atoms. The van der Waals surface area contributed by atoms with Gasteiger partial charge < -0.3 is 9.32 Å². The lowest BCUT2D eigenvalue weighted by Crippen LogP contribution is -2.31. The van der Waals surface area contributed by atoms with Gasteiger partial charge in [0.2, 0.25) is 15.9 Å². The second-order valence-electron chi connectivity index (χ2n) is 5.79. The van der Waals surface area contributed by atoms with Crippen LogP contribution >= 0.6 is 0 Å². The van der Waals surface area contributed by atoms with Gasteiger partial charge in [-0.15, -0.1) is 0 Å². The maximum absolute atomic E-state index is 11.9. The van der Waals surface area contributed by atoms with Crippen LogP contribution in [0.5, 0.6) is 0 Å². The lowest BCUT2D eigenvalue weighted by Gasteiger charge is -2.15. The molecule has 1 fully saturated rings. The largest absolute Gasteiger partial charge is 0.464 e. The molecule has 1 saturated carbocycles. The van der Waals surface area contributed by atoms with Crippen LogP contribution in [0.4, 0.5) is 0 Å². The molecule has 1 heterocycles. The van der Waals surface area contributed by atoms with Gasteiger partial charge in [0, 0.05) is 25.9 Å². The summed E-state index contributed by atoms with van der Waals surface area (Å²) in [6, 6.07) is 3.88. The van der Waals surface area contributed by atoms with Crippen molar-refractivity contribution in [3.05, 3.63) is 23.7 Å². The van der Waals surface area contributed by atoms with Crippen LogP contribution in [0.25, 0.3) is 0 Å². The van der Waals surface area contributed by atoms with E-state index in [1.165, 1.54) is 6.42 Å². The van der Waals surface area contributed by atoms with E-state index >= 15 is 0 Å². The highest BCUT2D eigenvalue weighted by Crippen LogP contribution is 2.47. The predicted octanol–water partition coefficient (Wildman–Crippen LogP) is 1.30. The first-order chi connectivity index (χ1) is 9.76. The number of rotatable bonds is 7. The van der Waals surface area contributed by atoms with Crippen molar-refractivity contribution in [2.24, 2.45) is 5.92 Å². The predicted molar refractivity (Wildman–Crippen MR) is 79.2 cm³/mol. The summed E-state index contributed by atoms with van der Waals surface area (Å²) in [4.78, 5) is 13.4. The van der Waals surface area contributed by atoms with Crippen molar-refractivity contribution in [3.63, 3.8) is 0 Å². The number of sulfonamides is 1. The van der Waals surface area contributed by atoms with E-state index in [0.29, 0.717) is 18.4 Å². The highest BCUT2D eigenvalue weighted by molar-refractivity contribution is 7.88. The fourth-order valence-corrected chi connectivity index (χ4v) is 2.73. The van der Waals surface area contributed by atoms with E-state index in [0.717, 1.165) is 17.8 Å². The summed E-state index contributed by atoms with van der Waals surface area (Å²) >= 11 is 0. The Bertz CT molecular complexity index is 608. The van der Waals surface area contributed by atoms with E-state index in [-0.39, 0.29) is 18.9 Å². The summed E-state index contributed by atoms with van der Waals surface area (Å²) in [5.74, 6) is 2.85. The smallest absolute Gasteiger partial charge is 0.224 e. The summed E-state index contributed by atoms with van der Waals surface area (Å²) in [5.41, 5.74) is 0. The maximum Gasteiger partial charge on any atom is 0.224 e. The van der Waals surface area contributed by atoms with Crippen LogP contribution in [0, 0.1) is 5.92 Å². The van der Waals surface area contributed by atoms with E-state index in [9.17, 15) is 13.2 Å². The van der Waals surface area contributed by atoms with E-state index in [1.807, 2.05) is 12.1 Å². The van der Waals surface area contributed by atoms with E-state index in [4.69, 9.17) is 4.42 Å². The molecule has 0 radical (unpaired) electrons.